The van der Waals surface area contributed by atoms with Crippen LogP contribution in [0, 0.1) is 50.2 Å². The summed E-state index contributed by atoms with van der Waals surface area (Å²) in [5.74, 6) is -0.514. The largest absolute Gasteiger partial charge is 0.481 e. The van der Waals surface area contributed by atoms with Crippen molar-refractivity contribution in [3.63, 3.8) is 0 Å². The second-order valence-electron chi connectivity index (χ2n) is 25.7. The summed E-state index contributed by atoms with van der Waals surface area (Å²) < 4.78 is 47.8. The number of aliphatic carboxylic acids is 1. The molecular formula is C53H86O22. The van der Waals surface area contributed by atoms with Gasteiger partial charge in [0.05, 0.1) is 44.1 Å². The third-order valence-corrected chi connectivity index (χ3v) is 21.2. The molecule has 0 spiro atoms. The lowest BCUT2D eigenvalue weighted by atomic mass is 9.33. The number of aliphatic hydroxyl groups is 12. The lowest BCUT2D eigenvalue weighted by molar-refractivity contribution is -0.390. The minimum Gasteiger partial charge on any atom is -0.481 e. The van der Waals surface area contributed by atoms with Gasteiger partial charge in [-0.2, -0.15) is 0 Å². The summed E-state index contributed by atoms with van der Waals surface area (Å²) in [4.78, 5) is 13.2. The van der Waals surface area contributed by atoms with E-state index in [-0.39, 0.29) is 52.6 Å². The Bertz CT molecular complexity index is 2060. The van der Waals surface area contributed by atoms with E-state index in [0.29, 0.717) is 19.3 Å². The molecule has 9 rings (SSSR count). The second-order valence-corrected chi connectivity index (χ2v) is 25.7. The highest BCUT2D eigenvalue weighted by Crippen LogP contribution is 2.76. The van der Waals surface area contributed by atoms with Crippen molar-refractivity contribution in [2.24, 2.45) is 50.2 Å². The predicted octanol–water partition coefficient (Wildman–Crippen LogP) is -0.830. The summed E-state index contributed by atoms with van der Waals surface area (Å²) in [5.41, 5.74) is -0.839. The molecule has 0 aromatic rings. The Morgan fingerprint density at radius 2 is 1.23 bits per heavy atom. The van der Waals surface area contributed by atoms with E-state index in [1.807, 2.05) is 6.92 Å². The van der Waals surface area contributed by atoms with Crippen molar-refractivity contribution >= 4 is 5.97 Å². The minimum absolute atomic E-state index is 0.0289. The SMILES string of the molecule is C[C@@H]1O[C@@H](O[C@H]2[C@H](O[C@H]3CC[C@@]4(C)[C@@H](CC[C@]5(C)[C@@H]4CC=C4[C@H]6CC(C)(C)CC[C@]6(C(=O)O)CC[C@]45C)[C@]3(C)CO)OC[C@H](O)[C@@H]2O)[C@H](O)[C@H](O[C@@H]2O[C@H](CO)[C@@H](O[C@@H]3O[C@H](CO)[C@@H](O)[C@H](O)[C@H]3O)[C@H](O)[C@H]2O)[C@H]1O. The number of allylic oxidation sites excluding steroid dienone is 2. The van der Waals surface area contributed by atoms with Gasteiger partial charge in [-0.05, 0) is 111 Å². The third kappa shape index (κ3) is 9.40. The van der Waals surface area contributed by atoms with Crippen LogP contribution in [0.5, 0.6) is 0 Å². The van der Waals surface area contributed by atoms with Gasteiger partial charge in [0.1, 0.15) is 85.5 Å². The minimum atomic E-state index is -2.01. The molecule has 4 aliphatic heterocycles. The molecule has 0 aromatic heterocycles. The molecule has 0 radical (unpaired) electrons. The van der Waals surface area contributed by atoms with E-state index in [1.165, 1.54) is 12.5 Å². The summed E-state index contributed by atoms with van der Waals surface area (Å²) in [6.45, 7) is 12.9. The smallest absolute Gasteiger partial charge is 0.310 e. The van der Waals surface area contributed by atoms with Crippen molar-refractivity contribution < 1.29 is 109 Å². The summed E-state index contributed by atoms with van der Waals surface area (Å²) in [5, 5.41) is 141. The van der Waals surface area contributed by atoms with Crippen LogP contribution in [0.3, 0.4) is 0 Å². The van der Waals surface area contributed by atoms with Crippen LogP contribution >= 0.6 is 0 Å². The van der Waals surface area contributed by atoms with Gasteiger partial charge in [-0.3, -0.25) is 4.79 Å². The van der Waals surface area contributed by atoms with E-state index >= 15 is 0 Å². The summed E-state index contributed by atoms with van der Waals surface area (Å²) in [6, 6.07) is 0. The topological polar surface area (TPSA) is 354 Å². The highest BCUT2D eigenvalue weighted by Gasteiger charge is 2.70. The van der Waals surface area contributed by atoms with Gasteiger partial charge in [0, 0.05) is 5.41 Å². The van der Waals surface area contributed by atoms with Crippen molar-refractivity contribution in [3.8, 4) is 0 Å². The molecule has 0 bridgehead atoms. The molecule has 4 heterocycles. The molecule has 0 aromatic carbocycles. The first kappa shape index (κ1) is 58.1. The number of carbonyl (C=O) groups is 1. The molecule has 5 aliphatic carbocycles. The Morgan fingerprint density at radius 1 is 0.613 bits per heavy atom. The van der Waals surface area contributed by atoms with E-state index in [9.17, 15) is 71.2 Å². The van der Waals surface area contributed by atoms with Crippen molar-refractivity contribution in [2.45, 2.75) is 235 Å². The quantitative estimate of drug-likeness (QED) is 0.0838. The molecule has 22 nitrogen and oxygen atoms in total. The van der Waals surface area contributed by atoms with Crippen molar-refractivity contribution in [1.82, 2.24) is 0 Å². The Morgan fingerprint density at radius 3 is 1.88 bits per heavy atom. The van der Waals surface area contributed by atoms with Crippen LogP contribution in [0.4, 0.5) is 0 Å². The first-order valence-electron chi connectivity index (χ1n) is 27.3. The molecule has 13 N–H and O–H groups in total. The summed E-state index contributed by atoms with van der Waals surface area (Å²) in [7, 11) is 0. The predicted molar refractivity (Wildman–Crippen MR) is 257 cm³/mol. The van der Waals surface area contributed by atoms with E-state index in [0.717, 1.165) is 44.9 Å². The van der Waals surface area contributed by atoms with Crippen LogP contribution in [-0.2, 0) is 42.7 Å². The number of ether oxygens (including phenoxy) is 8. The zero-order chi connectivity index (χ0) is 54.7. The number of hydrogen-bond donors (Lipinski definition) is 13. The standard InChI is InChI=1S/C53H86O22/c1-23-32(58)41(74-44-38(64)36(62)40(28(20-55)71-44)73-43-37(63)35(61)34(60)27(19-54)70-43)39(65)45(69-23)75-42-33(59)26(57)21-68-46(42)72-31-11-12-49(4)29(50(31,5)22-56)10-13-52(7)30(49)9-8-24-25-18-48(2,3)14-16-53(25,47(66)67)17-15-51(24,52)6/h8,23,25-46,54-65H,9-22H2,1-7H3,(H,66,67)/t23-,25+,26-,27+,28+,29+,30+,31-,32-,33-,34+,35-,36+,37+,38+,39+,40+,41+,42+,43-,44-,45-,46-,49-,50-,51+,52+,53-/m0/s1. The fourth-order valence-electron chi connectivity index (χ4n) is 16.3. The fraction of sp³-hybridized carbons (Fsp3) is 0.943. The van der Waals surface area contributed by atoms with E-state index in [1.54, 1.807) is 0 Å². The maximum absolute atomic E-state index is 13.2. The normalized spacial score (nSPS) is 54.9. The van der Waals surface area contributed by atoms with Crippen LogP contribution in [0.25, 0.3) is 0 Å². The molecule has 28 atom stereocenters. The van der Waals surface area contributed by atoms with Crippen LogP contribution < -0.4 is 0 Å². The van der Waals surface area contributed by atoms with Gasteiger partial charge >= 0.3 is 5.97 Å². The van der Waals surface area contributed by atoms with E-state index in [4.69, 9.17) is 37.9 Å². The van der Waals surface area contributed by atoms with Crippen LogP contribution in [-0.4, -0.2) is 222 Å². The Hall–Kier alpha value is -1.59. The fourth-order valence-corrected chi connectivity index (χ4v) is 16.3. The highest BCUT2D eigenvalue weighted by atomic mass is 16.8. The molecule has 75 heavy (non-hydrogen) atoms. The first-order valence-corrected chi connectivity index (χ1v) is 27.3. The molecule has 22 heteroatoms. The average Bonchev–Trinajstić information content (AvgIpc) is 3.44. The van der Waals surface area contributed by atoms with Gasteiger partial charge in [0.15, 0.2) is 25.2 Å². The Balaban J connectivity index is 0.899. The average molecular weight is 1080 g/mol. The molecule has 0 unspecified atom stereocenters. The number of carboxylic acid groups (broad SMARTS) is 1. The van der Waals surface area contributed by atoms with Gasteiger partial charge in [-0.1, -0.05) is 53.2 Å². The molecule has 9 aliphatic rings. The van der Waals surface area contributed by atoms with Gasteiger partial charge in [0.25, 0.3) is 0 Å². The Labute approximate surface area is 437 Å². The van der Waals surface area contributed by atoms with Gasteiger partial charge in [0.2, 0.25) is 0 Å². The van der Waals surface area contributed by atoms with E-state index < -0.39 is 153 Å². The van der Waals surface area contributed by atoms with Crippen LogP contribution in [0.15, 0.2) is 11.6 Å². The van der Waals surface area contributed by atoms with Crippen molar-refractivity contribution in [1.29, 1.82) is 0 Å². The van der Waals surface area contributed by atoms with Gasteiger partial charge in [-0.25, -0.2) is 0 Å². The maximum atomic E-state index is 13.2. The lowest BCUT2D eigenvalue weighted by Gasteiger charge is -2.71. The maximum Gasteiger partial charge on any atom is 0.310 e. The van der Waals surface area contributed by atoms with E-state index in [2.05, 4.69) is 40.7 Å². The van der Waals surface area contributed by atoms with Crippen LogP contribution in [0.1, 0.15) is 113 Å². The zero-order valence-electron chi connectivity index (χ0n) is 44.2. The monoisotopic (exact) mass is 1070 g/mol. The number of aliphatic hydroxyl groups excluding tert-OH is 12. The summed E-state index contributed by atoms with van der Waals surface area (Å²) >= 11 is 0. The number of hydrogen-bond acceptors (Lipinski definition) is 21. The zero-order valence-corrected chi connectivity index (χ0v) is 44.2. The number of rotatable bonds is 12. The van der Waals surface area contributed by atoms with Crippen molar-refractivity contribution in [2.75, 3.05) is 26.4 Å². The number of fused-ring (bicyclic) bond motifs is 7. The van der Waals surface area contributed by atoms with Gasteiger partial charge < -0.3 is 104 Å². The molecule has 0 amide bonds. The Kier molecular flexibility index (Phi) is 16.3. The molecule has 4 saturated carbocycles. The number of carboxylic acids is 1. The van der Waals surface area contributed by atoms with Crippen molar-refractivity contribution in [3.05, 3.63) is 11.6 Å². The lowest BCUT2D eigenvalue weighted by Crippen LogP contribution is -2.67. The third-order valence-electron chi connectivity index (χ3n) is 21.2. The molecule has 8 fully saturated rings. The van der Waals surface area contributed by atoms with Gasteiger partial charge in [-0.15, -0.1) is 0 Å². The highest BCUT2D eigenvalue weighted by molar-refractivity contribution is 5.76. The summed E-state index contributed by atoms with van der Waals surface area (Å²) in [6.07, 6.45) is -22.4. The molecule has 430 valence electrons. The molecule has 4 saturated heterocycles. The molecular weight excluding hydrogens is 989 g/mol. The second kappa shape index (κ2) is 21.1. The van der Waals surface area contributed by atoms with Crippen LogP contribution in [0.2, 0.25) is 0 Å². The first-order chi connectivity index (χ1) is 35.2.